The number of benzene rings is 1. The number of hydrogen-bond acceptors (Lipinski definition) is 3. The molecule has 0 radical (unpaired) electrons. The van der Waals surface area contributed by atoms with E-state index in [0.717, 1.165) is 24.6 Å². The maximum absolute atomic E-state index is 11.3. The fraction of sp³-hybridized carbons (Fsp3) is 0.562. The summed E-state index contributed by atoms with van der Waals surface area (Å²) in [6.07, 6.45) is 2.66. The monoisotopic (exact) mass is 261 g/mol. The minimum Gasteiger partial charge on any atom is -0.383 e. The van der Waals surface area contributed by atoms with Crippen molar-refractivity contribution < 1.29 is 9.53 Å². The Hall–Kier alpha value is -1.35. The molecule has 0 aliphatic heterocycles. The van der Waals surface area contributed by atoms with Gasteiger partial charge in [0.2, 0.25) is 0 Å². The van der Waals surface area contributed by atoms with Gasteiger partial charge in [-0.15, -0.1) is 0 Å². The van der Waals surface area contributed by atoms with E-state index in [1.807, 2.05) is 24.3 Å². The Kier molecular flexibility index (Phi) is 4.59. The van der Waals surface area contributed by atoms with Crippen molar-refractivity contribution in [3.63, 3.8) is 0 Å². The molecule has 1 aliphatic rings. The lowest BCUT2D eigenvalue weighted by molar-refractivity contribution is 0.101. The predicted octanol–water partition coefficient (Wildman–Crippen LogP) is 3.14. The number of ketones is 1. The van der Waals surface area contributed by atoms with E-state index in [4.69, 9.17) is 4.74 Å². The third-order valence-corrected chi connectivity index (χ3v) is 3.94. The van der Waals surface area contributed by atoms with E-state index >= 15 is 0 Å². The summed E-state index contributed by atoms with van der Waals surface area (Å²) in [5.74, 6) is 0.926. The van der Waals surface area contributed by atoms with Gasteiger partial charge in [-0.25, -0.2) is 0 Å². The number of hydrogen-bond donors (Lipinski definition) is 0. The molecule has 0 N–H and O–H groups in total. The van der Waals surface area contributed by atoms with Gasteiger partial charge in [0.15, 0.2) is 5.78 Å². The Bertz CT molecular complexity index is 423. The van der Waals surface area contributed by atoms with E-state index in [9.17, 15) is 4.79 Å². The minimum atomic E-state index is 0.116. The van der Waals surface area contributed by atoms with Crippen LogP contribution in [0, 0.1) is 5.92 Å². The van der Waals surface area contributed by atoms with Gasteiger partial charge < -0.3 is 9.64 Å². The third kappa shape index (κ3) is 3.57. The van der Waals surface area contributed by atoms with E-state index in [1.54, 1.807) is 14.0 Å². The van der Waals surface area contributed by atoms with E-state index < -0.39 is 0 Å². The summed E-state index contributed by atoms with van der Waals surface area (Å²) in [5.41, 5.74) is 1.95. The largest absolute Gasteiger partial charge is 0.383 e. The highest BCUT2D eigenvalue weighted by Gasteiger charge is 2.32. The molecule has 0 bridgehead atoms. The number of methoxy groups -OCH3 is 1. The van der Waals surface area contributed by atoms with Crippen LogP contribution in [0.3, 0.4) is 0 Å². The summed E-state index contributed by atoms with van der Waals surface area (Å²) in [4.78, 5) is 13.7. The Balaban J connectivity index is 2.13. The molecular weight excluding hydrogens is 238 g/mol. The van der Waals surface area contributed by atoms with Gasteiger partial charge in [0, 0.05) is 30.9 Å². The van der Waals surface area contributed by atoms with Crippen molar-refractivity contribution in [3.05, 3.63) is 29.8 Å². The number of nitrogens with zero attached hydrogens (tertiary/aromatic N) is 1. The van der Waals surface area contributed by atoms with Crippen LogP contribution in [0.2, 0.25) is 0 Å². The molecule has 0 amide bonds. The predicted molar refractivity (Wildman–Crippen MR) is 77.9 cm³/mol. The summed E-state index contributed by atoms with van der Waals surface area (Å²) in [5, 5.41) is 0. The second kappa shape index (κ2) is 6.20. The highest BCUT2D eigenvalue weighted by Crippen LogP contribution is 2.36. The summed E-state index contributed by atoms with van der Waals surface area (Å²) in [7, 11) is 1.73. The zero-order valence-electron chi connectivity index (χ0n) is 12.1. The van der Waals surface area contributed by atoms with Crippen LogP contribution in [0.4, 0.5) is 5.69 Å². The molecule has 0 heterocycles. The van der Waals surface area contributed by atoms with Gasteiger partial charge in [-0.3, -0.25) is 4.79 Å². The summed E-state index contributed by atoms with van der Waals surface area (Å²) in [6, 6.07) is 8.46. The number of ether oxygens (including phenoxy) is 1. The number of anilines is 1. The van der Waals surface area contributed by atoms with Crippen molar-refractivity contribution in [2.45, 2.75) is 32.7 Å². The zero-order valence-corrected chi connectivity index (χ0v) is 12.1. The molecule has 3 nitrogen and oxygen atoms in total. The quantitative estimate of drug-likeness (QED) is 0.706. The molecule has 1 unspecified atom stereocenters. The zero-order chi connectivity index (χ0) is 13.8. The van der Waals surface area contributed by atoms with Gasteiger partial charge in [-0.05, 0) is 56.9 Å². The molecule has 0 saturated heterocycles. The fourth-order valence-corrected chi connectivity index (χ4v) is 2.48. The molecule has 1 saturated carbocycles. The lowest BCUT2D eigenvalue weighted by Crippen LogP contribution is -2.37. The smallest absolute Gasteiger partial charge is 0.159 e. The summed E-state index contributed by atoms with van der Waals surface area (Å²) >= 11 is 0. The Morgan fingerprint density at radius 1 is 1.37 bits per heavy atom. The first-order chi connectivity index (χ1) is 9.13. The van der Waals surface area contributed by atoms with Crippen LogP contribution in [-0.2, 0) is 4.74 Å². The van der Waals surface area contributed by atoms with Crippen LogP contribution in [-0.4, -0.2) is 32.1 Å². The second-order valence-corrected chi connectivity index (χ2v) is 5.37. The minimum absolute atomic E-state index is 0.116. The SMILES string of the molecule is COCCN(c1ccc(C(C)=O)cc1)C(C)C1CC1. The second-order valence-electron chi connectivity index (χ2n) is 5.37. The van der Waals surface area contributed by atoms with Gasteiger partial charge >= 0.3 is 0 Å². The fourth-order valence-electron chi connectivity index (χ4n) is 2.48. The van der Waals surface area contributed by atoms with Gasteiger partial charge in [0.05, 0.1) is 6.61 Å². The van der Waals surface area contributed by atoms with Crippen molar-refractivity contribution in [2.24, 2.45) is 5.92 Å². The third-order valence-electron chi connectivity index (χ3n) is 3.94. The first-order valence-electron chi connectivity index (χ1n) is 7.00. The van der Waals surface area contributed by atoms with Crippen LogP contribution in [0.25, 0.3) is 0 Å². The first-order valence-corrected chi connectivity index (χ1v) is 7.00. The highest BCUT2D eigenvalue weighted by atomic mass is 16.5. The maximum Gasteiger partial charge on any atom is 0.159 e. The van der Waals surface area contributed by atoms with Crippen molar-refractivity contribution in [1.29, 1.82) is 0 Å². The molecule has 3 heteroatoms. The molecule has 19 heavy (non-hydrogen) atoms. The molecule has 0 aromatic heterocycles. The molecule has 104 valence electrons. The first kappa shape index (κ1) is 14.1. The van der Waals surface area contributed by atoms with Gasteiger partial charge in [0.1, 0.15) is 0 Å². The topological polar surface area (TPSA) is 29.5 Å². The Labute approximate surface area is 115 Å². The Morgan fingerprint density at radius 3 is 2.47 bits per heavy atom. The maximum atomic E-state index is 11.3. The molecule has 2 rings (SSSR count). The van der Waals surface area contributed by atoms with E-state index in [0.29, 0.717) is 6.04 Å². The average Bonchev–Trinajstić information content (AvgIpc) is 3.23. The molecule has 1 aliphatic carbocycles. The van der Waals surface area contributed by atoms with E-state index in [2.05, 4.69) is 11.8 Å². The van der Waals surface area contributed by atoms with Crippen LogP contribution >= 0.6 is 0 Å². The lowest BCUT2D eigenvalue weighted by atomic mass is 10.1. The van der Waals surface area contributed by atoms with Crippen LogP contribution in [0.1, 0.15) is 37.0 Å². The van der Waals surface area contributed by atoms with Crippen molar-refractivity contribution in [3.8, 4) is 0 Å². The summed E-state index contributed by atoms with van der Waals surface area (Å²) in [6.45, 7) is 5.51. The number of carbonyl (C=O) groups is 1. The standard InChI is InChI=1S/C16H23NO2/c1-12(14-4-5-14)17(10-11-19-3)16-8-6-15(7-9-16)13(2)18/h6-9,12,14H,4-5,10-11H2,1-3H3. The normalized spacial score (nSPS) is 16.2. The molecule has 0 spiro atoms. The average molecular weight is 261 g/mol. The van der Waals surface area contributed by atoms with E-state index in [-0.39, 0.29) is 5.78 Å². The number of carbonyl (C=O) groups excluding carboxylic acids is 1. The molecule has 1 aromatic carbocycles. The van der Waals surface area contributed by atoms with Gasteiger partial charge in [-0.1, -0.05) is 0 Å². The number of rotatable bonds is 7. The molecule has 1 atom stereocenters. The van der Waals surface area contributed by atoms with E-state index in [1.165, 1.54) is 18.5 Å². The van der Waals surface area contributed by atoms with Gasteiger partial charge in [0.25, 0.3) is 0 Å². The number of Topliss-reactive ketones (excluding diaryl/α,β-unsaturated/α-hetero) is 1. The van der Waals surface area contributed by atoms with Crippen molar-refractivity contribution in [1.82, 2.24) is 0 Å². The van der Waals surface area contributed by atoms with Crippen molar-refractivity contribution >= 4 is 11.5 Å². The molecule has 1 aromatic rings. The highest BCUT2D eigenvalue weighted by molar-refractivity contribution is 5.94. The molecule has 1 fully saturated rings. The van der Waals surface area contributed by atoms with Crippen LogP contribution in [0.15, 0.2) is 24.3 Å². The van der Waals surface area contributed by atoms with Crippen LogP contribution in [0.5, 0.6) is 0 Å². The van der Waals surface area contributed by atoms with Crippen LogP contribution < -0.4 is 4.90 Å². The molecular formula is C16H23NO2. The summed E-state index contributed by atoms with van der Waals surface area (Å²) < 4.78 is 5.21. The van der Waals surface area contributed by atoms with Crippen molar-refractivity contribution in [2.75, 3.05) is 25.2 Å². The Morgan fingerprint density at radius 2 is 2.00 bits per heavy atom. The van der Waals surface area contributed by atoms with Gasteiger partial charge in [-0.2, -0.15) is 0 Å². The lowest BCUT2D eigenvalue weighted by Gasteiger charge is -2.31.